The van der Waals surface area contributed by atoms with Gasteiger partial charge in [-0.1, -0.05) is 19.9 Å². The molecule has 0 aliphatic carbocycles. The fourth-order valence-corrected chi connectivity index (χ4v) is 2.12. The summed E-state index contributed by atoms with van der Waals surface area (Å²) in [5, 5.41) is 6.17. The predicted molar refractivity (Wildman–Crippen MR) is 90.8 cm³/mol. The first kappa shape index (κ1) is 19.4. The van der Waals surface area contributed by atoms with Crippen LogP contribution in [0.5, 0.6) is 0 Å². The van der Waals surface area contributed by atoms with E-state index in [4.69, 9.17) is 4.74 Å². The first-order chi connectivity index (χ1) is 10.6. The van der Waals surface area contributed by atoms with E-state index in [0.29, 0.717) is 19.0 Å². The van der Waals surface area contributed by atoms with Gasteiger partial charge in [-0.25, -0.2) is 9.18 Å². The molecule has 1 rings (SSSR count). The summed E-state index contributed by atoms with van der Waals surface area (Å²) in [4.78, 5) is 11.7. The Kier molecular flexibility index (Phi) is 7.01. The number of aryl methyl sites for hydroxylation is 1. The molecule has 1 amide bonds. The fraction of sp³-hybridized carbons (Fsp3) is 0.611. The molecule has 1 atom stereocenters. The molecular formula is C18H29FN2O2. The van der Waals surface area contributed by atoms with Gasteiger partial charge >= 0.3 is 6.09 Å². The van der Waals surface area contributed by atoms with E-state index in [1.807, 2.05) is 27.7 Å². The van der Waals surface area contributed by atoms with Crippen molar-refractivity contribution in [3.63, 3.8) is 0 Å². The Morgan fingerprint density at radius 2 is 1.96 bits per heavy atom. The number of ether oxygens (including phenoxy) is 1. The van der Waals surface area contributed by atoms with E-state index in [2.05, 4.69) is 24.5 Å². The van der Waals surface area contributed by atoms with Crippen LogP contribution in [0.4, 0.5) is 9.18 Å². The maximum absolute atomic E-state index is 13.3. The van der Waals surface area contributed by atoms with Crippen LogP contribution in [0.3, 0.4) is 0 Å². The van der Waals surface area contributed by atoms with Crippen molar-refractivity contribution in [2.75, 3.05) is 6.54 Å². The number of halogens is 1. The number of alkyl carbamates (subject to hydrolysis) is 1. The normalized spacial score (nSPS) is 13.0. The number of amides is 1. The molecular weight excluding hydrogens is 295 g/mol. The minimum Gasteiger partial charge on any atom is -0.444 e. The van der Waals surface area contributed by atoms with Crippen molar-refractivity contribution in [3.8, 4) is 0 Å². The first-order valence-electron chi connectivity index (χ1n) is 8.04. The number of hydrogen-bond donors (Lipinski definition) is 2. The molecule has 0 aromatic heterocycles. The van der Waals surface area contributed by atoms with Crippen LogP contribution in [0.15, 0.2) is 18.2 Å². The van der Waals surface area contributed by atoms with Gasteiger partial charge in [-0.2, -0.15) is 0 Å². The molecule has 0 aliphatic heterocycles. The van der Waals surface area contributed by atoms with Crippen LogP contribution in [-0.2, 0) is 11.3 Å². The van der Waals surface area contributed by atoms with E-state index in [-0.39, 0.29) is 11.9 Å². The summed E-state index contributed by atoms with van der Waals surface area (Å²) in [6.45, 7) is 12.6. The van der Waals surface area contributed by atoms with E-state index in [0.717, 1.165) is 11.1 Å². The average molecular weight is 324 g/mol. The van der Waals surface area contributed by atoms with Crippen molar-refractivity contribution >= 4 is 6.09 Å². The lowest BCUT2D eigenvalue weighted by molar-refractivity contribution is 0.0519. The monoisotopic (exact) mass is 324 g/mol. The molecule has 23 heavy (non-hydrogen) atoms. The van der Waals surface area contributed by atoms with E-state index in [1.54, 1.807) is 12.1 Å². The highest BCUT2D eigenvalue weighted by Crippen LogP contribution is 2.11. The maximum Gasteiger partial charge on any atom is 0.407 e. The van der Waals surface area contributed by atoms with Crippen molar-refractivity contribution in [2.45, 2.75) is 59.7 Å². The van der Waals surface area contributed by atoms with Crippen molar-refractivity contribution < 1.29 is 13.9 Å². The van der Waals surface area contributed by atoms with Gasteiger partial charge in [-0.15, -0.1) is 0 Å². The number of benzene rings is 1. The third kappa shape index (κ3) is 7.46. The number of hydrogen-bond acceptors (Lipinski definition) is 3. The molecule has 0 fully saturated rings. The smallest absolute Gasteiger partial charge is 0.407 e. The molecule has 1 aromatic rings. The zero-order valence-corrected chi connectivity index (χ0v) is 15.0. The Hall–Kier alpha value is -1.62. The van der Waals surface area contributed by atoms with Crippen molar-refractivity contribution in [1.29, 1.82) is 0 Å². The zero-order chi connectivity index (χ0) is 17.6. The SMILES string of the molecule is Cc1ccc(F)cc1CNC(CNC(=O)OC(C)(C)C)C(C)C. The molecule has 0 heterocycles. The Morgan fingerprint density at radius 1 is 1.30 bits per heavy atom. The summed E-state index contributed by atoms with van der Waals surface area (Å²) in [7, 11) is 0. The lowest BCUT2D eigenvalue weighted by Crippen LogP contribution is -2.45. The Bertz CT molecular complexity index is 524. The highest BCUT2D eigenvalue weighted by atomic mass is 19.1. The molecule has 1 aromatic carbocycles. The lowest BCUT2D eigenvalue weighted by Gasteiger charge is -2.25. The van der Waals surface area contributed by atoms with Crippen LogP contribution < -0.4 is 10.6 Å². The highest BCUT2D eigenvalue weighted by Gasteiger charge is 2.19. The van der Waals surface area contributed by atoms with E-state index >= 15 is 0 Å². The van der Waals surface area contributed by atoms with Crippen LogP contribution in [-0.4, -0.2) is 24.3 Å². The molecule has 0 radical (unpaired) electrons. The van der Waals surface area contributed by atoms with E-state index in [9.17, 15) is 9.18 Å². The predicted octanol–water partition coefficient (Wildman–Crippen LogP) is 3.77. The third-order valence-electron chi connectivity index (χ3n) is 3.54. The van der Waals surface area contributed by atoms with E-state index in [1.165, 1.54) is 6.07 Å². The molecule has 0 saturated heterocycles. The third-order valence-corrected chi connectivity index (χ3v) is 3.54. The Morgan fingerprint density at radius 3 is 2.52 bits per heavy atom. The molecule has 0 spiro atoms. The Balaban J connectivity index is 2.56. The second-order valence-electron chi connectivity index (χ2n) is 7.19. The van der Waals surface area contributed by atoms with E-state index < -0.39 is 11.7 Å². The molecule has 1 unspecified atom stereocenters. The molecule has 0 saturated carbocycles. The average Bonchev–Trinajstić information content (AvgIpc) is 2.40. The molecule has 4 nitrogen and oxygen atoms in total. The molecule has 130 valence electrons. The second-order valence-corrected chi connectivity index (χ2v) is 7.19. The summed E-state index contributed by atoms with van der Waals surface area (Å²) in [6, 6.07) is 4.85. The number of carbonyl (C=O) groups excluding carboxylic acids is 1. The number of carbonyl (C=O) groups is 1. The molecule has 5 heteroatoms. The second kappa shape index (κ2) is 8.29. The molecule has 2 N–H and O–H groups in total. The van der Waals surface area contributed by atoms with Crippen LogP contribution in [0, 0.1) is 18.7 Å². The number of nitrogens with one attached hydrogen (secondary N) is 2. The van der Waals surface area contributed by atoms with Gasteiger partial charge in [0, 0.05) is 19.1 Å². The van der Waals surface area contributed by atoms with Gasteiger partial charge in [0.25, 0.3) is 0 Å². The van der Waals surface area contributed by atoms with Crippen LogP contribution in [0.2, 0.25) is 0 Å². The first-order valence-corrected chi connectivity index (χ1v) is 8.04. The van der Waals surface area contributed by atoms with Crippen molar-refractivity contribution in [2.24, 2.45) is 5.92 Å². The van der Waals surface area contributed by atoms with Gasteiger partial charge in [0.15, 0.2) is 0 Å². The summed E-state index contributed by atoms with van der Waals surface area (Å²) in [5.74, 6) is 0.0826. The Labute approximate surface area is 138 Å². The van der Waals surface area contributed by atoms with Crippen molar-refractivity contribution in [1.82, 2.24) is 10.6 Å². The van der Waals surface area contributed by atoms with Crippen LogP contribution >= 0.6 is 0 Å². The van der Waals surface area contributed by atoms with Gasteiger partial charge in [0.05, 0.1) is 0 Å². The summed E-state index contributed by atoms with van der Waals surface area (Å²) >= 11 is 0. The topological polar surface area (TPSA) is 50.4 Å². The highest BCUT2D eigenvalue weighted by molar-refractivity contribution is 5.67. The quantitative estimate of drug-likeness (QED) is 0.837. The van der Waals surface area contributed by atoms with Gasteiger partial charge in [0.2, 0.25) is 0 Å². The van der Waals surface area contributed by atoms with Crippen LogP contribution in [0.25, 0.3) is 0 Å². The summed E-state index contributed by atoms with van der Waals surface area (Å²) in [6.07, 6.45) is -0.424. The maximum atomic E-state index is 13.3. The van der Waals surface area contributed by atoms with Gasteiger partial charge in [0.1, 0.15) is 11.4 Å². The summed E-state index contributed by atoms with van der Waals surface area (Å²) in [5.41, 5.74) is 1.46. The standard InChI is InChI=1S/C18H29FN2O2/c1-12(2)16(11-21-17(22)23-18(4,5)6)20-10-14-9-15(19)8-7-13(14)3/h7-9,12,16,20H,10-11H2,1-6H3,(H,21,22). The minimum atomic E-state index is -0.510. The van der Waals surface area contributed by atoms with Gasteiger partial charge in [-0.3, -0.25) is 0 Å². The van der Waals surface area contributed by atoms with Gasteiger partial charge in [-0.05, 0) is 56.9 Å². The number of rotatable bonds is 6. The largest absolute Gasteiger partial charge is 0.444 e. The van der Waals surface area contributed by atoms with Gasteiger partial charge < -0.3 is 15.4 Å². The summed E-state index contributed by atoms with van der Waals surface area (Å²) < 4.78 is 18.6. The minimum absolute atomic E-state index is 0.0742. The zero-order valence-electron chi connectivity index (χ0n) is 15.0. The molecule has 0 aliphatic rings. The van der Waals surface area contributed by atoms with Crippen LogP contribution in [0.1, 0.15) is 45.7 Å². The lowest BCUT2D eigenvalue weighted by atomic mass is 10.0. The molecule has 0 bridgehead atoms. The van der Waals surface area contributed by atoms with Crippen molar-refractivity contribution in [3.05, 3.63) is 35.1 Å². The fourth-order valence-electron chi connectivity index (χ4n) is 2.12.